The first-order valence-corrected chi connectivity index (χ1v) is 21.1. The normalized spacial score (nSPS) is 22.2. The van der Waals surface area contributed by atoms with Crippen LogP contribution < -0.4 is 21.5 Å². The van der Waals surface area contributed by atoms with Crippen molar-refractivity contribution in [3.63, 3.8) is 0 Å². The third kappa shape index (κ3) is 9.70. The number of halogens is 2. The minimum Gasteiger partial charge on any atom is -0.374 e. The van der Waals surface area contributed by atoms with Gasteiger partial charge < -0.3 is 20.4 Å². The Hall–Kier alpha value is -5.50. The maximum atomic E-state index is 15.2. The Balaban J connectivity index is 0.770. The third-order valence-electron chi connectivity index (χ3n) is 12.7. The van der Waals surface area contributed by atoms with Gasteiger partial charge in [0.1, 0.15) is 17.6 Å². The van der Waals surface area contributed by atoms with Crippen molar-refractivity contribution in [3.05, 3.63) is 101 Å². The number of rotatable bonds is 11. The van der Waals surface area contributed by atoms with Gasteiger partial charge in [-0.3, -0.25) is 29.1 Å². The summed E-state index contributed by atoms with van der Waals surface area (Å²) < 4.78 is 31.8. The van der Waals surface area contributed by atoms with Gasteiger partial charge in [-0.05, 0) is 125 Å². The molecule has 3 aliphatic heterocycles. The molecule has 3 N–H and O–H groups in total. The van der Waals surface area contributed by atoms with Gasteiger partial charge in [0, 0.05) is 60.7 Å². The number of likely N-dealkylation sites (tertiary alicyclic amines) is 2. The van der Waals surface area contributed by atoms with E-state index in [1.165, 1.54) is 22.9 Å². The summed E-state index contributed by atoms with van der Waals surface area (Å²) in [6.45, 7) is 4.38. The van der Waals surface area contributed by atoms with Crippen molar-refractivity contribution in [2.75, 3.05) is 43.4 Å². The molecule has 3 amide bonds. The van der Waals surface area contributed by atoms with E-state index in [4.69, 9.17) is 0 Å². The van der Waals surface area contributed by atoms with Crippen molar-refractivity contribution in [1.29, 1.82) is 0 Å². The third-order valence-corrected chi connectivity index (χ3v) is 12.7. The summed E-state index contributed by atoms with van der Waals surface area (Å²) in [5, 5.41) is 8.78. The molecule has 8 rings (SSSR count). The fourth-order valence-corrected chi connectivity index (χ4v) is 9.32. The van der Waals surface area contributed by atoms with Crippen LogP contribution in [-0.4, -0.2) is 86.9 Å². The highest BCUT2D eigenvalue weighted by molar-refractivity contribution is 6.01. The molecule has 4 aliphatic rings. The first-order chi connectivity index (χ1) is 28.7. The van der Waals surface area contributed by atoms with Gasteiger partial charge in [0.2, 0.25) is 23.7 Å². The summed E-state index contributed by atoms with van der Waals surface area (Å²) in [6.07, 6.45) is 11.6. The van der Waals surface area contributed by atoms with E-state index < -0.39 is 11.9 Å². The molecule has 4 aromatic rings. The van der Waals surface area contributed by atoms with E-state index in [-0.39, 0.29) is 59.1 Å². The van der Waals surface area contributed by atoms with Gasteiger partial charge in [0.25, 0.3) is 5.56 Å². The number of aromatic nitrogens is 3. The lowest BCUT2D eigenvalue weighted by Crippen LogP contribution is -2.47. The average Bonchev–Trinajstić information content (AvgIpc) is 3.25. The number of hydrogen-bond acceptors (Lipinski definition) is 9. The molecule has 0 radical (unpaired) electrons. The first kappa shape index (κ1) is 40.3. The minimum atomic E-state index is -0.559. The zero-order valence-electron chi connectivity index (χ0n) is 33.3. The van der Waals surface area contributed by atoms with Gasteiger partial charge in [-0.1, -0.05) is 30.7 Å². The van der Waals surface area contributed by atoms with E-state index in [9.17, 15) is 19.2 Å². The van der Waals surface area contributed by atoms with E-state index in [0.29, 0.717) is 41.6 Å². The number of anilines is 2. The minimum absolute atomic E-state index is 0.00947. The van der Waals surface area contributed by atoms with Gasteiger partial charge in [-0.2, -0.15) is 0 Å². The summed E-state index contributed by atoms with van der Waals surface area (Å²) in [5.41, 5.74) is 2.36. The molecule has 14 heteroatoms. The fraction of sp³-hybridized carbons (Fsp3) is 0.467. The lowest BCUT2D eigenvalue weighted by molar-refractivity contribution is -0.138. The molecular formula is C45H52F2N8O4. The van der Waals surface area contributed by atoms with E-state index in [0.717, 1.165) is 89.7 Å². The van der Waals surface area contributed by atoms with E-state index in [1.807, 2.05) is 17.0 Å². The van der Waals surface area contributed by atoms with Gasteiger partial charge in [-0.25, -0.2) is 18.7 Å². The van der Waals surface area contributed by atoms with Crippen LogP contribution in [0.5, 0.6) is 0 Å². The second-order valence-corrected chi connectivity index (χ2v) is 16.6. The molecule has 1 unspecified atom stereocenters. The van der Waals surface area contributed by atoms with Gasteiger partial charge in [0.15, 0.2) is 5.82 Å². The SMILES string of the molecule is O=C1CCC(Nc2ccc(C3CCN(CCC4CCN(C(=O)[C@@H]5CCC[C@H](Nc6ncc(F)c(-c7cccc(-n8ccccc8=O)c7)n6)C5)CC4)CC3)c(F)c2)C(=O)N1. The maximum absolute atomic E-state index is 15.2. The highest BCUT2D eigenvalue weighted by atomic mass is 19.1. The number of carbonyl (C=O) groups is 3. The molecule has 2 aromatic carbocycles. The van der Waals surface area contributed by atoms with E-state index in [1.54, 1.807) is 42.6 Å². The van der Waals surface area contributed by atoms with Crippen LogP contribution in [-0.2, 0) is 14.4 Å². The standard InChI is InChI=1S/C45H52F2N8O4/c46-37-27-34(49-39-12-13-40(56)51-43(39)58)10-11-36(37)30-17-21-53(22-18-30)20-14-29-15-23-54(24-16-29)44(59)32-6-3-7-33(25-32)50-45-48-28-38(47)42(52-45)31-5-4-8-35(26-31)55-19-2-1-9-41(55)57/h1-2,4-5,8-11,19,26-30,32-33,39,49H,3,6-7,12-18,20-25H2,(H,48,50,52)(H,51,56,58)/t32-,33+,39?/m1/s1. The predicted octanol–water partition coefficient (Wildman–Crippen LogP) is 6.27. The van der Waals surface area contributed by atoms with Gasteiger partial charge in [-0.15, -0.1) is 0 Å². The molecule has 3 atom stereocenters. The lowest BCUT2D eigenvalue weighted by Gasteiger charge is -2.38. The van der Waals surface area contributed by atoms with Crippen molar-refractivity contribution >= 4 is 29.4 Å². The fourth-order valence-electron chi connectivity index (χ4n) is 9.32. The summed E-state index contributed by atoms with van der Waals surface area (Å²) in [5.74, 6) is -0.302. The largest absolute Gasteiger partial charge is 0.374 e. The highest BCUT2D eigenvalue weighted by Gasteiger charge is 2.33. The van der Waals surface area contributed by atoms with Gasteiger partial charge in [0.05, 0.1) is 6.20 Å². The van der Waals surface area contributed by atoms with Gasteiger partial charge >= 0.3 is 0 Å². The van der Waals surface area contributed by atoms with E-state index >= 15 is 8.78 Å². The summed E-state index contributed by atoms with van der Waals surface area (Å²) in [6, 6.07) is 16.5. The number of nitrogens with one attached hydrogen (secondary N) is 3. The Labute approximate surface area is 342 Å². The number of amides is 3. The number of nitrogens with zero attached hydrogens (tertiary/aromatic N) is 5. The Bertz CT molecular complexity index is 2220. The molecule has 0 bridgehead atoms. The highest BCUT2D eigenvalue weighted by Crippen LogP contribution is 2.34. The number of benzene rings is 2. The summed E-state index contributed by atoms with van der Waals surface area (Å²) >= 11 is 0. The van der Waals surface area contributed by atoms with Crippen LogP contribution in [0.3, 0.4) is 0 Å². The zero-order chi connectivity index (χ0) is 40.9. The Morgan fingerprint density at radius 2 is 1.68 bits per heavy atom. The molecule has 59 heavy (non-hydrogen) atoms. The smallest absolute Gasteiger partial charge is 0.255 e. The molecule has 2 aromatic heterocycles. The molecule has 12 nitrogen and oxygen atoms in total. The van der Waals surface area contributed by atoms with Crippen LogP contribution in [0, 0.1) is 23.5 Å². The zero-order valence-corrected chi connectivity index (χ0v) is 33.3. The van der Waals surface area contributed by atoms with Crippen molar-refractivity contribution in [2.24, 2.45) is 11.8 Å². The average molecular weight is 807 g/mol. The second-order valence-electron chi connectivity index (χ2n) is 16.6. The van der Waals surface area contributed by atoms with Crippen LogP contribution in [0.15, 0.2) is 77.9 Å². The monoisotopic (exact) mass is 806 g/mol. The van der Waals surface area contributed by atoms with Crippen molar-refractivity contribution in [3.8, 4) is 16.9 Å². The number of pyridine rings is 1. The molecule has 1 aliphatic carbocycles. The Morgan fingerprint density at radius 3 is 2.46 bits per heavy atom. The first-order valence-electron chi connectivity index (χ1n) is 21.1. The lowest BCUT2D eigenvalue weighted by atomic mass is 9.84. The molecule has 310 valence electrons. The van der Waals surface area contributed by atoms with E-state index in [2.05, 4.69) is 30.8 Å². The summed E-state index contributed by atoms with van der Waals surface area (Å²) in [4.78, 5) is 63.0. The molecule has 5 heterocycles. The number of imide groups is 1. The molecular weight excluding hydrogens is 755 g/mol. The molecule has 3 saturated heterocycles. The van der Waals surface area contributed by atoms with Crippen LogP contribution in [0.1, 0.15) is 82.1 Å². The van der Waals surface area contributed by atoms with Crippen molar-refractivity contribution in [1.82, 2.24) is 29.7 Å². The van der Waals surface area contributed by atoms with Crippen LogP contribution in [0.2, 0.25) is 0 Å². The molecule has 0 spiro atoms. The predicted molar refractivity (Wildman–Crippen MR) is 221 cm³/mol. The summed E-state index contributed by atoms with van der Waals surface area (Å²) in [7, 11) is 0. The quantitative estimate of drug-likeness (QED) is 0.150. The topological polar surface area (TPSA) is 142 Å². The van der Waals surface area contributed by atoms with Crippen molar-refractivity contribution < 1.29 is 23.2 Å². The van der Waals surface area contributed by atoms with Crippen LogP contribution >= 0.6 is 0 Å². The number of carbonyl (C=O) groups excluding carboxylic acids is 3. The van der Waals surface area contributed by atoms with Crippen LogP contribution in [0.4, 0.5) is 20.4 Å². The molecule has 4 fully saturated rings. The second kappa shape index (κ2) is 18.2. The number of piperidine rings is 3. The van der Waals surface area contributed by atoms with Crippen LogP contribution in [0.25, 0.3) is 16.9 Å². The molecule has 1 saturated carbocycles. The maximum Gasteiger partial charge on any atom is 0.255 e. The van der Waals surface area contributed by atoms with Crippen molar-refractivity contribution in [2.45, 2.75) is 88.6 Å². The Morgan fingerprint density at radius 1 is 0.847 bits per heavy atom. The Kier molecular flexibility index (Phi) is 12.4. The number of hydrogen-bond donors (Lipinski definition) is 3.